The number of hydrogen-bond donors (Lipinski definition) is 2. The molecule has 1 heterocycles. The maximum atomic E-state index is 12.0. The fraction of sp³-hybridized carbons (Fsp3) is 0.0909. The SMILES string of the molecule is CSc1nc(N)c(C(=O)Nc2ccc(Cl)cc2)s1. The molecule has 2 rings (SSSR count). The normalized spacial score (nSPS) is 10.3. The van der Waals surface area contributed by atoms with Crippen LogP contribution in [0.2, 0.25) is 5.02 Å². The average Bonchev–Trinajstić information content (AvgIpc) is 2.73. The van der Waals surface area contributed by atoms with Gasteiger partial charge in [0.1, 0.15) is 10.7 Å². The van der Waals surface area contributed by atoms with E-state index in [0.717, 1.165) is 4.34 Å². The van der Waals surface area contributed by atoms with Gasteiger partial charge in [0.05, 0.1) is 0 Å². The summed E-state index contributed by atoms with van der Waals surface area (Å²) in [5.74, 6) is 0.00318. The molecule has 0 spiro atoms. The number of aromatic nitrogens is 1. The van der Waals surface area contributed by atoms with Crippen LogP contribution in [0.4, 0.5) is 11.5 Å². The average molecular weight is 300 g/mol. The van der Waals surface area contributed by atoms with Crippen molar-refractivity contribution in [1.82, 2.24) is 4.98 Å². The Labute approximate surface area is 118 Å². The Kier molecular flexibility index (Phi) is 4.11. The third-order valence-electron chi connectivity index (χ3n) is 2.12. The van der Waals surface area contributed by atoms with Crippen LogP contribution in [0.5, 0.6) is 0 Å². The lowest BCUT2D eigenvalue weighted by atomic mass is 10.3. The molecular formula is C11H10ClN3OS2. The molecule has 18 heavy (non-hydrogen) atoms. The molecule has 0 saturated carbocycles. The number of nitrogens with one attached hydrogen (secondary N) is 1. The summed E-state index contributed by atoms with van der Waals surface area (Å²) in [6.07, 6.45) is 1.89. The third kappa shape index (κ3) is 2.95. The predicted molar refractivity (Wildman–Crippen MR) is 77.7 cm³/mol. The monoisotopic (exact) mass is 299 g/mol. The fourth-order valence-electron chi connectivity index (χ4n) is 1.28. The highest BCUT2D eigenvalue weighted by molar-refractivity contribution is 8.00. The summed E-state index contributed by atoms with van der Waals surface area (Å²) in [5, 5.41) is 3.37. The zero-order valence-corrected chi connectivity index (χ0v) is 11.8. The van der Waals surface area contributed by atoms with Crippen molar-refractivity contribution in [3.8, 4) is 0 Å². The minimum absolute atomic E-state index is 0.257. The Balaban J connectivity index is 2.16. The Morgan fingerprint density at radius 1 is 1.44 bits per heavy atom. The molecule has 1 aromatic heterocycles. The van der Waals surface area contributed by atoms with E-state index in [4.69, 9.17) is 17.3 Å². The summed E-state index contributed by atoms with van der Waals surface area (Å²) in [6, 6.07) is 6.88. The van der Waals surface area contributed by atoms with Gasteiger partial charge in [-0.1, -0.05) is 23.4 Å². The molecule has 4 nitrogen and oxygen atoms in total. The number of nitrogen functional groups attached to an aromatic ring is 1. The summed E-state index contributed by atoms with van der Waals surface area (Å²) in [7, 11) is 0. The van der Waals surface area contributed by atoms with E-state index in [2.05, 4.69) is 10.3 Å². The van der Waals surface area contributed by atoms with Crippen molar-refractivity contribution in [2.24, 2.45) is 0 Å². The van der Waals surface area contributed by atoms with Gasteiger partial charge in [0, 0.05) is 10.7 Å². The molecule has 0 aliphatic rings. The molecule has 1 amide bonds. The maximum absolute atomic E-state index is 12.0. The quantitative estimate of drug-likeness (QED) is 0.853. The van der Waals surface area contributed by atoms with Gasteiger partial charge in [-0.3, -0.25) is 4.79 Å². The minimum atomic E-state index is -0.257. The molecule has 0 atom stereocenters. The number of nitrogens with zero attached hydrogens (tertiary/aromatic N) is 1. The van der Waals surface area contributed by atoms with Gasteiger partial charge in [-0.15, -0.1) is 11.3 Å². The highest BCUT2D eigenvalue weighted by atomic mass is 35.5. The number of thiazole rings is 1. The number of halogens is 1. The summed E-state index contributed by atoms with van der Waals surface area (Å²) in [6.45, 7) is 0. The van der Waals surface area contributed by atoms with Gasteiger partial charge >= 0.3 is 0 Å². The van der Waals surface area contributed by atoms with E-state index in [-0.39, 0.29) is 11.7 Å². The van der Waals surface area contributed by atoms with Gasteiger partial charge in [-0.2, -0.15) is 0 Å². The number of carbonyl (C=O) groups excluding carboxylic acids is 1. The topological polar surface area (TPSA) is 68.0 Å². The van der Waals surface area contributed by atoms with Gasteiger partial charge < -0.3 is 11.1 Å². The Hall–Kier alpha value is -1.24. The fourth-order valence-corrected chi connectivity index (χ4v) is 2.79. The van der Waals surface area contributed by atoms with Crippen LogP contribution in [0, 0.1) is 0 Å². The first kappa shape index (κ1) is 13.2. The van der Waals surface area contributed by atoms with E-state index in [0.29, 0.717) is 15.6 Å². The predicted octanol–water partition coefficient (Wildman–Crippen LogP) is 3.35. The third-order valence-corrected chi connectivity index (χ3v) is 4.42. The lowest BCUT2D eigenvalue weighted by Gasteiger charge is -2.03. The standard InChI is InChI=1S/C11H10ClN3OS2/c1-17-11-15-9(13)8(18-11)10(16)14-7-4-2-6(12)3-5-7/h2-5H,13H2,1H3,(H,14,16). The highest BCUT2D eigenvalue weighted by Gasteiger charge is 2.15. The Morgan fingerprint density at radius 3 is 2.67 bits per heavy atom. The van der Waals surface area contributed by atoms with Crippen molar-refractivity contribution in [3.05, 3.63) is 34.2 Å². The largest absolute Gasteiger partial charge is 0.382 e. The van der Waals surface area contributed by atoms with E-state index < -0.39 is 0 Å². The van der Waals surface area contributed by atoms with Crippen molar-refractivity contribution in [3.63, 3.8) is 0 Å². The summed E-state index contributed by atoms with van der Waals surface area (Å²) < 4.78 is 0.772. The Morgan fingerprint density at radius 2 is 2.11 bits per heavy atom. The number of rotatable bonds is 3. The van der Waals surface area contributed by atoms with Crippen LogP contribution in [0.25, 0.3) is 0 Å². The second-order valence-corrected chi connectivity index (χ2v) is 5.85. The van der Waals surface area contributed by atoms with E-state index in [9.17, 15) is 4.79 Å². The molecular weight excluding hydrogens is 290 g/mol. The smallest absolute Gasteiger partial charge is 0.269 e. The van der Waals surface area contributed by atoms with Gasteiger partial charge in [0.2, 0.25) is 0 Å². The van der Waals surface area contributed by atoms with Crippen LogP contribution in [-0.4, -0.2) is 17.1 Å². The number of nitrogens with two attached hydrogens (primary N) is 1. The van der Waals surface area contributed by atoms with Crippen LogP contribution < -0.4 is 11.1 Å². The highest BCUT2D eigenvalue weighted by Crippen LogP contribution is 2.28. The van der Waals surface area contributed by atoms with Gasteiger partial charge in [0.15, 0.2) is 4.34 Å². The molecule has 0 aliphatic heterocycles. The number of hydrogen-bond acceptors (Lipinski definition) is 5. The number of anilines is 2. The molecule has 3 N–H and O–H groups in total. The summed E-state index contributed by atoms with van der Waals surface area (Å²) >= 11 is 8.51. The van der Waals surface area contributed by atoms with E-state index in [1.165, 1.54) is 23.1 Å². The molecule has 2 aromatic rings. The zero-order chi connectivity index (χ0) is 13.1. The van der Waals surface area contributed by atoms with Crippen LogP contribution in [0.15, 0.2) is 28.6 Å². The van der Waals surface area contributed by atoms with Crippen molar-refractivity contribution < 1.29 is 4.79 Å². The van der Waals surface area contributed by atoms with Crippen molar-refractivity contribution >= 4 is 52.1 Å². The van der Waals surface area contributed by atoms with Crippen molar-refractivity contribution in [1.29, 1.82) is 0 Å². The first-order valence-corrected chi connectivity index (χ1v) is 7.39. The maximum Gasteiger partial charge on any atom is 0.269 e. The second-order valence-electron chi connectivity index (χ2n) is 3.36. The van der Waals surface area contributed by atoms with Gasteiger partial charge in [-0.25, -0.2) is 4.98 Å². The van der Waals surface area contributed by atoms with E-state index >= 15 is 0 Å². The second kappa shape index (κ2) is 5.60. The van der Waals surface area contributed by atoms with Crippen molar-refractivity contribution in [2.45, 2.75) is 4.34 Å². The molecule has 0 fully saturated rings. The molecule has 94 valence electrons. The summed E-state index contributed by atoms with van der Waals surface area (Å²) in [5.41, 5.74) is 6.37. The van der Waals surface area contributed by atoms with Crippen molar-refractivity contribution in [2.75, 3.05) is 17.3 Å². The van der Waals surface area contributed by atoms with Gasteiger partial charge in [-0.05, 0) is 30.5 Å². The number of carbonyl (C=O) groups is 1. The number of thioether (sulfide) groups is 1. The molecule has 0 unspecified atom stereocenters. The van der Waals surface area contributed by atoms with Crippen LogP contribution >= 0.6 is 34.7 Å². The molecule has 0 radical (unpaired) electrons. The number of amides is 1. The molecule has 1 aromatic carbocycles. The minimum Gasteiger partial charge on any atom is -0.382 e. The zero-order valence-electron chi connectivity index (χ0n) is 9.44. The first-order chi connectivity index (χ1) is 8.60. The van der Waals surface area contributed by atoms with Crippen LogP contribution in [-0.2, 0) is 0 Å². The molecule has 0 saturated heterocycles. The summed E-state index contributed by atoms with van der Waals surface area (Å²) in [4.78, 5) is 16.5. The van der Waals surface area contributed by atoms with Crippen LogP contribution in [0.1, 0.15) is 9.67 Å². The lowest BCUT2D eigenvalue weighted by molar-refractivity contribution is 0.103. The van der Waals surface area contributed by atoms with E-state index in [1.807, 2.05) is 6.26 Å². The number of benzene rings is 1. The van der Waals surface area contributed by atoms with E-state index in [1.54, 1.807) is 24.3 Å². The molecule has 0 aliphatic carbocycles. The molecule has 0 bridgehead atoms. The Bertz CT molecular complexity index is 568. The van der Waals surface area contributed by atoms with Crippen LogP contribution in [0.3, 0.4) is 0 Å². The molecule has 7 heteroatoms. The van der Waals surface area contributed by atoms with Gasteiger partial charge in [0.25, 0.3) is 5.91 Å². The lowest BCUT2D eigenvalue weighted by Crippen LogP contribution is -2.12. The first-order valence-electron chi connectivity index (χ1n) is 4.97.